The third kappa shape index (κ3) is 4.86. The molecular formula is C12H19N5O4. The number of amides is 3. The zero-order valence-corrected chi connectivity index (χ0v) is 12.2. The Kier molecular flexibility index (Phi) is 5.82. The molecule has 1 aromatic rings. The van der Waals surface area contributed by atoms with E-state index in [0.717, 1.165) is 0 Å². The molecule has 0 fully saturated rings. The molecule has 0 saturated heterocycles. The van der Waals surface area contributed by atoms with Gasteiger partial charge in [0.15, 0.2) is 5.69 Å². The highest BCUT2D eigenvalue weighted by Crippen LogP contribution is 2.12. The molecule has 3 amide bonds. The normalized spacial score (nSPS) is 10.5. The Morgan fingerprint density at radius 3 is 2.52 bits per heavy atom. The molecule has 0 saturated carbocycles. The molecule has 21 heavy (non-hydrogen) atoms. The second kappa shape index (κ2) is 7.36. The van der Waals surface area contributed by atoms with Gasteiger partial charge in [0.05, 0.1) is 12.2 Å². The van der Waals surface area contributed by atoms with Gasteiger partial charge in [-0.1, -0.05) is 19.1 Å². The molecule has 116 valence electrons. The second-order valence-corrected chi connectivity index (χ2v) is 4.89. The zero-order chi connectivity index (χ0) is 16.0. The topological polar surface area (TPSA) is 126 Å². The van der Waals surface area contributed by atoms with Crippen molar-refractivity contribution in [3.63, 3.8) is 0 Å². The standard InChI is InChI=1S/C12H19N5O4/c1-7(2)6-8-10(11(19)20)15-16-17(8)5-4-9(18)14-12(21)13-3/h7H,4-6H2,1-3H3,(H,19,20)(H2,13,14,18,21). The number of nitrogens with one attached hydrogen (secondary N) is 2. The Morgan fingerprint density at radius 1 is 1.33 bits per heavy atom. The maximum absolute atomic E-state index is 11.5. The Bertz CT molecular complexity index is 538. The van der Waals surface area contributed by atoms with Crippen molar-refractivity contribution in [2.24, 2.45) is 5.92 Å². The predicted octanol–water partition coefficient (Wildman–Crippen LogP) is 0.0205. The molecule has 0 aliphatic heterocycles. The van der Waals surface area contributed by atoms with Crippen molar-refractivity contribution in [3.8, 4) is 0 Å². The number of carboxylic acid groups (broad SMARTS) is 1. The number of carbonyl (C=O) groups is 3. The summed E-state index contributed by atoms with van der Waals surface area (Å²) in [5.74, 6) is -1.40. The van der Waals surface area contributed by atoms with Crippen LogP contribution < -0.4 is 10.6 Å². The van der Waals surface area contributed by atoms with E-state index < -0.39 is 17.9 Å². The minimum Gasteiger partial charge on any atom is -0.476 e. The Morgan fingerprint density at radius 2 is 2.00 bits per heavy atom. The average Bonchev–Trinajstić information content (AvgIpc) is 2.78. The molecule has 3 N–H and O–H groups in total. The summed E-state index contributed by atoms with van der Waals surface area (Å²) in [5, 5.41) is 20.9. The molecule has 0 atom stereocenters. The molecular weight excluding hydrogens is 278 g/mol. The summed E-state index contributed by atoms with van der Waals surface area (Å²) >= 11 is 0. The van der Waals surface area contributed by atoms with Crippen LogP contribution in [0.4, 0.5) is 4.79 Å². The van der Waals surface area contributed by atoms with Gasteiger partial charge in [-0.2, -0.15) is 0 Å². The Labute approximate surface area is 121 Å². The van der Waals surface area contributed by atoms with Crippen LogP contribution in [-0.2, 0) is 17.8 Å². The monoisotopic (exact) mass is 297 g/mol. The first-order valence-corrected chi connectivity index (χ1v) is 6.52. The van der Waals surface area contributed by atoms with Gasteiger partial charge in [-0.25, -0.2) is 14.3 Å². The summed E-state index contributed by atoms with van der Waals surface area (Å²) in [6.07, 6.45) is 0.493. The van der Waals surface area contributed by atoms with E-state index in [1.54, 1.807) is 0 Å². The van der Waals surface area contributed by atoms with E-state index in [4.69, 9.17) is 5.11 Å². The number of aryl methyl sites for hydroxylation is 1. The molecule has 0 unspecified atom stereocenters. The molecule has 0 bridgehead atoms. The van der Waals surface area contributed by atoms with Gasteiger partial charge < -0.3 is 10.4 Å². The van der Waals surface area contributed by atoms with Crippen molar-refractivity contribution >= 4 is 17.9 Å². The lowest BCUT2D eigenvalue weighted by atomic mass is 10.1. The number of carbonyl (C=O) groups excluding carboxylic acids is 2. The molecule has 0 spiro atoms. The Balaban J connectivity index is 2.76. The smallest absolute Gasteiger partial charge is 0.358 e. The number of hydrogen-bond acceptors (Lipinski definition) is 5. The van der Waals surface area contributed by atoms with Gasteiger partial charge in [0.2, 0.25) is 5.91 Å². The molecule has 1 rings (SSSR count). The van der Waals surface area contributed by atoms with Crippen molar-refractivity contribution in [3.05, 3.63) is 11.4 Å². The van der Waals surface area contributed by atoms with Crippen LogP contribution in [-0.4, -0.2) is 45.1 Å². The van der Waals surface area contributed by atoms with Gasteiger partial charge >= 0.3 is 12.0 Å². The van der Waals surface area contributed by atoms with Crippen LogP contribution in [0.15, 0.2) is 0 Å². The van der Waals surface area contributed by atoms with Crippen LogP contribution in [0.2, 0.25) is 0 Å². The van der Waals surface area contributed by atoms with Gasteiger partial charge in [0.25, 0.3) is 0 Å². The van der Waals surface area contributed by atoms with E-state index in [2.05, 4.69) is 20.9 Å². The van der Waals surface area contributed by atoms with Gasteiger partial charge in [-0.05, 0) is 12.3 Å². The average molecular weight is 297 g/mol. The first kappa shape index (κ1) is 16.6. The lowest BCUT2D eigenvalue weighted by molar-refractivity contribution is -0.120. The number of carboxylic acids is 1. The highest BCUT2D eigenvalue weighted by atomic mass is 16.4. The number of aromatic nitrogens is 3. The third-order valence-corrected chi connectivity index (χ3v) is 2.67. The number of nitrogens with zero attached hydrogens (tertiary/aromatic N) is 3. The minimum absolute atomic E-state index is 0.000927. The lowest BCUT2D eigenvalue weighted by Gasteiger charge is -2.09. The fraction of sp³-hybridized carbons (Fsp3) is 0.583. The number of urea groups is 1. The van der Waals surface area contributed by atoms with Gasteiger partial charge in [0.1, 0.15) is 0 Å². The molecule has 0 aliphatic carbocycles. The highest BCUT2D eigenvalue weighted by molar-refractivity contribution is 5.94. The maximum Gasteiger partial charge on any atom is 0.358 e. The van der Waals surface area contributed by atoms with Crippen LogP contribution in [0, 0.1) is 5.92 Å². The molecule has 0 radical (unpaired) electrons. The Hall–Kier alpha value is -2.45. The molecule has 0 aliphatic rings. The third-order valence-electron chi connectivity index (χ3n) is 2.67. The summed E-state index contributed by atoms with van der Waals surface area (Å²) in [5.41, 5.74) is 0.376. The largest absolute Gasteiger partial charge is 0.476 e. The summed E-state index contributed by atoms with van der Waals surface area (Å²) in [6.45, 7) is 4.05. The van der Waals surface area contributed by atoms with E-state index in [1.165, 1.54) is 11.7 Å². The van der Waals surface area contributed by atoms with E-state index in [9.17, 15) is 14.4 Å². The number of aromatic carboxylic acids is 1. The first-order valence-electron chi connectivity index (χ1n) is 6.52. The van der Waals surface area contributed by atoms with E-state index in [0.29, 0.717) is 12.1 Å². The van der Waals surface area contributed by atoms with Gasteiger partial charge in [-0.3, -0.25) is 10.1 Å². The van der Waals surface area contributed by atoms with Crippen molar-refractivity contribution < 1.29 is 19.5 Å². The summed E-state index contributed by atoms with van der Waals surface area (Å²) in [6, 6.07) is -0.591. The van der Waals surface area contributed by atoms with Crippen LogP contribution in [0.25, 0.3) is 0 Å². The second-order valence-electron chi connectivity index (χ2n) is 4.89. The molecule has 1 aromatic heterocycles. The van der Waals surface area contributed by atoms with E-state index >= 15 is 0 Å². The quantitative estimate of drug-likeness (QED) is 0.679. The minimum atomic E-state index is -1.15. The van der Waals surface area contributed by atoms with Crippen molar-refractivity contribution in [2.45, 2.75) is 33.2 Å². The van der Waals surface area contributed by atoms with E-state index in [1.807, 2.05) is 13.8 Å². The molecule has 1 heterocycles. The summed E-state index contributed by atoms with van der Waals surface area (Å²) in [7, 11) is 1.40. The first-order chi connectivity index (χ1) is 9.85. The van der Waals surface area contributed by atoms with Gasteiger partial charge in [0, 0.05) is 13.5 Å². The summed E-state index contributed by atoms with van der Waals surface area (Å²) < 4.78 is 1.40. The number of hydrogen-bond donors (Lipinski definition) is 3. The zero-order valence-electron chi connectivity index (χ0n) is 12.2. The van der Waals surface area contributed by atoms with Crippen LogP contribution in [0.5, 0.6) is 0 Å². The lowest BCUT2D eigenvalue weighted by Crippen LogP contribution is -2.37. The SMILES string of the molecule is CNC(=O)NC(=O)CCn1nnc(C(=O)O)c1CC(C)C. The summed E-state index contributed by atoms with van der Waals surface area (Å²) in [4.78, 5) is 33.6. The maximum atomic E-state index is 11.5. The predicted molar refractivity (Wildman–Crippen MR) is 72.7 cm³/mol. The number of imide groups is 1. The van der Waals surface area contributed by atoms with Crippen molar-refractivity contribution in [1.29, 1.82) is 0 Å². The fourth-order valence-corrected chi connectivity index (χ4v) is 1.73. The highest BCUT2D eigenvalue weighted by Gasteiger charge is 2.20. The van der Waals surface area contributed by atoms with Crippen molar-refractivity contribution in [1.82, 2.24) is 25.6 Å². The molecule has 9 heteroatoms. The number of rotatable bonds is 6. The fourth-order valence-electron chi connectivity index (χ4n) is 1.73. The van der Waals surface area contributed by atoms with Crippen LogP contribution in [0.1, 0.15) is 36.5 Å². The van der Waals surface area contributed by atoms with E-state index in [-0.39, 0.29) is 24.6 Å². The van der Waals surface area contributed by atoms with Gasteiger partial charge in [-0.15, -0.1) is 5.10 Å². The van der Waals surface area contributed by atoms with Crippen LogP contribution >= 0.6 is 0 Å². The molecule has 9 nitrogen and oxygen atoms in total. The van der Waals surface area contributed by atoms with Crippen molar-refractivity contribution in [2.75, 3.05) is 7.05 Å². The van der Waals surface area contributed by atoms with Crippen LogP contribution in [0.3, 0.4) is 0 Å². The molecule has 0 aromatic carbocycles.